The second kappa shape index (κ2) is 8.92. The van der Waals surface area contributed by atoms with Gasteiger partial charge in [-0.3, -0.25) is 4.57 Å². The van der Waals surface area contributed by atoms with Gasteiger partial charge in [0.25, 0.3) is 0 Å². The number of fused-ring (bicyclic) bond motifs is 2. The van der Waals surface area contributed by atoms with Gasteiger partial charge in [0.15, 0.2) is 11.5 Å². The summed E-state index contributed by atoms with van der Waals surface area (Å²) >= 11 is 0. The van der Waals surface area contributed by atoms with Crippen molar-refractivity contribution in [3.05, 3.63) is 42.5 Å². The maximum atomic E-state index is 12.7. The van der Waals surface area contributed by atoms with Crippen LogP contribution in [0.1, 0.15) is 31.4 Å². The lowest BCUT2D eigenvalue weighted by Crippen LogP contribution is -2.26. The standard InChI is InChI=1S/C23H30N5O5P/c1-4-33-34(3,29)14-32-23-9-17(23)20(28-13-27-19-21(24)25-12-26-22(19)28)18(10-23)31-11-15-5-7-16(30-2)8-6-15/h5-8,12-13,17-18,20H,4,9-11,14H2,1-3H3,(H2,24,25,26)/t17?,18-,20+,23+,34?/m0/s1. The van der Waals surface area contributed by atoms with Gasteiger partial charge in [-0.05, 0) is 31.0 Å². The van der Waals surface area contributed by atoms with Gasteiger partial charge >= 0.3 is 0 Å². The van der Waals surface area contributed by atoms with E-state index in [0.717, 1.165) is 17.7 Å². The molecule has 0 saturated heterocycles. The molecular weight excluding hydrogens is 457 g/mol. The highest BCUT2D eigenvalue weighted by atomic mass is 31.2. The number of nitrogens with two attached hydrogens (primary N) is 1. The molecule has 0 bridgehead atoms. The maximum Gasteiger partial charge on any atom is 0.225 e. The third-order valence-electron chi connectivity index (χ3n) is 6.74. The van der Waals surface area contributed by atoms with Crippen LogP contribution in [-0.4, -0.2) is 58.0 Å². The Morgan fingerprint density at radius 1 is 1.21 bits per heavy atom. The van der Waals surface area contributed by atoms with Gasteiger partial charge < -0.3 is 29.0 Å². The molecule has 3 aromatic rings. The third-order valence-corrected chi connectivity index (χ3v) is 8.14. The molecule has 2 aliphatic carbocycles. The van der Waals surface area contributed by atoms with Crippen molar-refractivity contribution in [3.8, 4) is 5.75 Å². The first kappa shape index (κ1) is 23.2. The van der Waals surface area contributed by atoms with Crippen molar-refractivity contribution in [2.75, 3.05) is 32.5 Å². The molecule has 2 fully saturated rings. The first-order chi connectivity index (χ1) is 16.4. The Morgan fingerprint density at radius 3 is 2.74 bits per heavy atom. The van der Waals surface area contributed by atoms with E-state index in [1.165, 1.54) is 6.33 Å². The Balaban J connectivity index is 1.39. The van der Waals surface area contributed by atoms with Gasteiger partial charge in [-0.2, -0.15) is 0 Å². The highest BCUT2D eigenvalue weighted by molar-refractivity contribution is 7.57. The number of hydrogen-bond donors (Lipinski definition) is 1. The van der Waals surface area contributed by atoms with E-state index >= 15 is 0 Å². The lowest BCUT2D eigenvalue weighted by atomic mass is 10.1. The smallest absolute Gasteiger partial charge is 0.225 e. The van der Waals surface area contributed by atoms with Crippen molar-refractivity contribution in [1.82, 2.24) is 19.5 Å². The Labute approximate surface area is 198 Å². The summed E-state index contributed by atoms with van der Waals surface area (Å²) < 4.78 is 38.1. The molecule has 0 amide bonds. The Hall–Kier alpha value is -2.52. The average Bonchev–Trinajstić information content (AvgIpc) is 3.19. The van der Waals surface area contributed by atoms with Crippen LogP contribution in [-0.2, 0) is 25.2 Å². The molecule has 0 aliphatic heterocycles. The maximum absolute atomic E-state index is 12.7. The highest BCUT2D eigenvalue weighted by Crippen LogP contribution is 2.65. The van der Waals surface area contributed by atoms with Crippen LogP contribution in [0.3, 0.4) is 0 Å². The van der Waals surface area contributed by atoms with Crippen LogP contribution in [0.2, 0.25) is 0 Å². The zero-order valence-electron chi connectivity index (χ0n) is 19.6. The Bertz CT molecular complexity index is 1220. The van der Waals surface area contributed by atoms with Crippen molar-refractivity contribution in [2.45, 2.75) is 44.1 Å². The first-order valence-electron chi connectivity index (χ1n) is 11.4. The molecule has 2 N–H and O–H groups in total. The molecule has 2 aliphatic rings. The fourth-order valence-electron chi connectivity index (χ4n) is 5.03. The molecule has 11 heteroatoms. The van der Waals surface area contributed by atoms with E-state index in [0.29, 0.717) is 36.6 Å². The fraction of sp³-hybridized carbons (Fsp3) is 0.522. The summed E-state index contributed by atoms with van der Waals surface area (Å²) in [6, 6.07) is 7.78. The Kier molecular flexibility index (Phi) is 6.10. The van der Waals surface area contributed by atoms with Crippen LogP contribution in [0.25, 0.3) is 11.2 Å². The highest BCUT2D eigenvalue weighted by Gasteiger charge is 2.68. The van der Waals surface area contributed by atoms with Crippen LogP contribution in [0, 0.1) is 5.92 Å². The van der Waals surface area contributed by atoms with E-state index in [1.807, 2.05) is 35.8 Å². The number of benzene rings is 1. The molecule has 2 unspecified atom stereocenters. The molecule has 0 spiro atoms. The van der Waals surface area contributed by atoms with Crippen molar-refractivity contribution in [2.24, 2.45) is 5.92 Å². The summed E-state index contributed by atoms with van der Waals surface area (Å²) in [6.07, 6.45) is 4.69. The summed E-state index contributed by atoms with van der Waals surface area (Å²) in [5.41, 5.74) is 7.92. The van der Waals surface area contributed by atoms with Gasteiger partial charge in [-0.1, -0.05) is 12.1 Å². The quantitative estimate of drug-likeness (QED) is 0.427. The van der Waals surface area contributed by atoms with Crippen LogP contribution < -0.4 is 10.5 Å². The number of imidazole rings is 1. The van der Waals surface area contributed by atoms with Crippen LogP contribution in [0.5, 0.6) is 5.75 Å². The van der Waals surface area contributed by atoms with Crippen molar-refractivity contribution in [1.29, 1.82) is 0 Å². The van der Waals surface area contributed by atoms with E-state index in [2.05, 4.69) is 15.0 Å². The monoisotopic (exact) mass is 487 g/mol. The topological polar surface area (TPSA) is 124 Å². The summed E-state index contributed by atoms with van der Waals surface area (Å²) in [6.45, 7) is 4.30. The summed E-state index contributed by atoms with van der Waals surface area (Å²) in [5.74, 6) is 1.33. The molecule has 0 radical (unpaired) electrons. The van der Waals surface area contributed by atoms with E-state index in [-0.39, 0.29) is 24.4 Å². The molecule has 2 heterocycles. The molecule has 34 heavy (non-hydrogen) atoms. The number of hydrogen-bond acceptors (Lipinski definition) is 9. The minimum atomic E-state index is -2.81. The van der Waals surface area contributed by atoms with Gasteiger partial charge in [0.1, 0.15) is 23.9 Å². The van der Waals surface area contributed by atoms with E-state index in [4.69, 9.17) is 24.5 Å². The van der Waals surface area contributed by atoms with Crippen molar-refractivity contribution in [3.63, 3.8) is 0 Å². The molecule has 5 atom stereocenters. The number of aromatic nitrogens is 4. The van der Waals surface area contributed by atoms with E-state index in [1.54, 1.807) is 20.1 Å². The first-order valence-corrected chi connectivity index (χ1v) is 13.6. The second-order valence-corrected chi connectivity index (χ2v) is 11.6. The summed E-state index contributed by atoms with van der Waals surface area (Å²) in [4.78, 5) is 12.9. The largest absolute Gasteiger partial charge is 0.497 e. The van der Waals surface area contributed by atoms with Crippen LogP contribution in [0.4, 0.5) is 5.82 Å². The molecular formula is C23H30N5O5P. The molecule has 5 rings (SSSR count). The zero-order valence-corrected chi connectivity index (χ0v) is 20.5. The lowest BCUT2D eigenvalue weighted by Gasteiger charge is -2.25. The summed E-state index contributed by atoms with van der Waals surface area (Å²) in [7, 11) is -1.16. The lowest BCUT2D eigenvalue weighted by molar-refractivity contribution is -0.0131. The Morgan fingerprint density at radius 2 is 2.00 bits per heavy atom. The second-order valence-electron chi connectivity index (χ2n) is 9.06. The minimum absolute atomic E-state index is 0.0408. The van der Waals surface area contributed by atoms with Gasteiger partial charge in [-0.15, -0.1) is 0 Å². The zero-order chi connectivity index (χ0) is 23.9. The van der Waals surface area contributed by atoms with E-state index in [9.17, 15) is 4.57 Å². The van der Waals surface area contributed by atoms with Crippen LogP contribution in [0.15, 0.2) is 36.9 Å². The fourth-order valence-corrected chi connectivity index (χ4v) is 6.14. The number of rotatable bonds is 10. The number of methoxy groups -OCH3 is 1. The molecule has 10 nitrogen and oxygen atoms in total. The van der Waals surface area contributed by atoms with Crippen LogP contribution >= 0.6 is 7.37 Å². The van der Waals surface area contributed by atoms with Gasteiger partial charge in [0.2, 0.25) is 7.37 Å². The SMILES string of the molecule is CCOP(C)(=O)CO[C@@]12CC1[C@@H](n1cnc3c(N)ncnc31)[C@@H](OCc1ccc(OC)cc1)C2. The summed E-state index contributed by atoms with van der Waals surface area (Å²) in [5, 5.41) is 0. The predicted octanol–water partition coefficient (Wildman–Crippen LogP) is 3.62. The van der Waals surface area contributed by atoms with Crippen molar-refractivity contribution >= 4 is 24.4 Å². The number of nitrogens with zero attached hydrogens (tertiary/aromatic N) is 4. The molecule has 2 saturated carbocycles. The average molecular weight is 487 g/mol. The molecule has 182 valence electrons. The van der Waals surface area contributed by atoms with Gasteiger partial charge in [0, 0.05) is 19.0 Å². The van der Waals surface area contributed by atoms with Gasteiger partial charge in [0.05, 0.1) is 44.4 Å². The molecule has 2 aromatic heterocycles. The molecule has 1 aromatic carbocycles. The number of anilines is 1. The normalized spacial score (nSPS) is 27.4. The predicted molar refractivity (Wildman–Crippen MR) is 127 cm³/mol. The number of nitrogen functional groups attached to an aromatic ring is 1. The minimum Gasteiger partial charge on any atom is -0.497 e. The van der Waals surface area contributed by atoms with E-state index < -0.39 is 13.0 Å². The number of ether oxygens (including phenoxy) is 3. The van der Waals surface area contributed by atoms with Gasteiger partial charge in [-0.25, -0.2) is 15.0 Å². The third kappa shape index (κ3) is 4.31. The van der Waals surface area contributed by atoms with Crippen molar-refractivity contribution < 1.29 is 23.3 Å².